The Bertz CT molecular complexity index is 886. The van der Waals surface area contributed by atoms with Gasteiger partial charge in [-0.3, -0.25) is 18.6 Å². The molecule has 2 atom stereocenters. The van der Waals surface area contributed by atoms with Crippen LogP contribution in [-0.2, 0) is 32.7 Å². The molecule has 0 radical (unpaired) electrons. The van der Waals surface area contributed by atoms with Crippen LogP contribution in [0.1, 0.15) is 219 Å². The first-order valence-electron chi connectivity index (χ1n) is 22.2. The van der Waals surface area contributed by atoms with Gasteiger partial charge in [0.15, 0.2) is 6.10 Å². The second kappa shape index (κ2) is 40.4. The molecule has 0 aromatic carbocycles. The average Bonchev–Trinajstić information content (AvgIpc) is 3.14. The van der Waals surface area contributed by atoms with E-state index in [4.69, 9.17) is 24.3 Å². The lowest BCUT2D eigenvalue weighted by molar-refractivity contribution is -0.161. The van der Waals surface area contributed by atoms with Gasteiger partial charge >= 0.3 is 19.8 Å². The maximum atomic E-state index is 12.6. The summed E-state index contributed by atoms with van der Waals surface area (Å²) in [7, 11) is -4.37. The van der Waals surface area contributed by atoms with Crippen molar-refractivity contribution in [1.29, 1.82) is 0 Å². The molecule has 0 aliphatic heterocycles. The summed E-state index contributed by atoms with van der Waals surface area (Å²) < 4.78 is 32.8. The van der Waals surface area contributed by atoms with Gasteiger partial charge in [-0.15, -0.1) is 0 Å². The third-order valence-electron chi connectivity index (χ3n) is 9.65. The van der Waals surface area contributed by atoms with Gasteiger partial charge in [0.25, 0.3) is 0 Å². The molecule has 0 fully saturated rings. The highest BCUT2D eigenvalue weighted by atomic mass is 31.2. The number of phosphoric ester groups is 1. The molecule has 0 spiro atoms. The van der Waals surface area contributed by atoms with Gasteiger partial charge in [-0.05, 0) is 38.5 Å². The maximum absolute atomic E-state index is 12.6. The van der Waals surface area contributed by atoms with Crippen molar-refractivity contribution < 1.29 is 37.6 Å². The van der Waals surface area contributed by atoms with E-state index >= 15 is 0 Å². The summed E-state index contributed by atoms with van der Waals surface area (Å²) in [6.45, 7) is 3.75. The molecule has 0 aliphatic carbocycles. The monoisotopic (exact) mass is 774 g/mol. The molecule has 314 valence electrons. The van der Waals surface area contributed by atoms with Crippen molar-refractivity contribution >= 4 is 19.8 Å². The Balaban J connectivity index is 4.10. The molecule has 1 unspecified atom stereocenters. The zero-order chi connectivity index (χ0) is 38.9. The van der Waals surface area contributed by atoms with Crippen molar-refractivity contribution in [3.8, 4) is 0 Å². The number of nitrogens with two attached hydrogens (primary N) is 1. The lowest BCUT2D eigenvalue weighted by atomic mass is 10.0. The smallest absolute Gasteiger partial charge is 0.462 e. The standard InChI is InChI=1S/C43H84NO8P/c1-3-5-7-9-11-13-15-17-19-20-22-23-25-27-29-31-33-35-42(45)49-39-41(40-51-53(47,48)50-38-37-44)52-43(46)36-34-32-30-28-26-24-21-18-16-14-12-10-8-6-4-2/h14,16,41H,3-13,15,17-40,44H2,1-2H3,(H,47,48)/b16-14+/t41-/m1/s1. The van der Waals surface area contributed by atoms with Crippen LogP contribution in [0.3, 0.4) is 0 Å². The fourth-order valence-corrected chi connectivity index (χ4v) is 7.10. The molecule has 0 saturated carbocycles. The highest BCUT2D eigenvalue weighted by molar-refractivity contribution is 7.47. The van der Waals surface area contributed by atoms with Gasteiger partial charge in [-0.2, -0.15) is 0 Å². The Morgan fingerprint density at radius 3 is 1.36 bits per heavy atom. The molecule has 3 N–H and O–H groups in total. The summed E-state index contributed by atoms with van der Waals surface area (Å²) in [5, 5.41) is 0. The summed E-state index contributed by atoms with van der Waals surface area (Å²) in [5.74, 6) is -0.822. The third-order valence-corrected chi connectivity index (χ3v) is 10.6. The summed E-state index contributed by atoms with van der Waals surface area (Å²) in [6, 6.07) is 0. The molecule has 0 amide bonds. The number of phosphoric acid groups is 1. The fourth-order valence-electron chi connectivity index (χ4n) is 6.34. The topological polar surface area (TPSA) is 134 Å². The molecule has 0 rings (SSSR count). The van der Waals surface area contributed by atoms with Crippen molar-refractivity contribution in [2.45, 2.75) is 225 Å². The van der Waals surface area contributed by atoms with E-state index in [-0.39, 0.29) is 38.6 Å². The largest absolute Gasteiger partial charge is 0.472 e. The minimum absolute atomic E-state index is 0.0555. The van der Waals surface area contributed by atoms with Crippen LogP contribution in [0.2, 0.25) is 0 Å². The lowest BCUT2D eigenvalue weighted by Gasteiger charge is -2.19. The van der Waals surface area contributed by atoms with Gasteiger partial charge in [-0.1, -0.05) is 180 Å². The highest BCUT2D eigenvalue weighted by Crippen LogP contribution is 2.43. The van der Waals surface area contributed by atoms with Crippen LogP contribution in [0.5, 0.6) is 0 Å². The molecular weight excluding hydrogens is 689 g/mol. The van der Waals surface area contributed by atoms with Crippen molar-refractivity contribution in [3.05, 3.63) is 12.2 Å². The van der Waals surface area contributed by atoms with Crippen LogP contribution in [-0.4, -0.2) is 49.3 Å². The number of unbranched alkanes of at least 4 members (excludes halogenated alkanes) is 27. The second-order valence-corrected chi connectivity index (χ2v) is 16.4. The van der Waals surface area contributed by atoms with Gasteiger partial charge in [0.1, 0.15) is 6.61 Å². The zero-order valence-corrected chi connectivity index (χ0v) is 35.4. The SMILES string of the molecule is CCCCCC/C=C/CCCCCCCCCC(=O)O[C@H](COC(=O)CCCCCCCCCCCCCCCCCCC)COP(=O)(O)OCCN. The quantitative estimate of drug-likeness (QED) is 0.0269. The number of hydrogen-bond donors (Lipinski definition) is 2. The molecule has 0 aromatic rings. The first-order chi connectivity index (χ1) is 25.8. The van der Waals surface area contributed by atoms with E-state index in [9.17, 15) is 19.0 Å². The highest BCUT2D eigenvalue weighted by Gasteiger charge is 2.26. The van der Waals surface area contributed by atoms with Gasteiger partial charge in [0.05, 0.1) is 13.2 Å². The molecule has 53 heavy (non-hydrogen) atoms. The van der Waals surface area contributed by atoms with Crippen molar-refractivity contribution in [3.63, 3.8) is 0 Å². The van der Waals surface area contributed by atoms with Crippen LogP contribution in [0.4, 0.5) is 0 Å². The Kier molecular flexibility index (Phi) is 39.5. The van der Waals surface area contributed by atoms with E-state index in [1.165, 1.54) is 141 Å². The Hall–Kier alpha value is -1.25. The summed E-state index contributed by atoms with van der Waals surface area (Å²) in [4.78, 5) is 34.9. The average molecular weight is 774 g/mol. The van der Waals surface area contributed by atoms with Crippen molar-refractivity contribution in [1.82, 2.24) is 0 Å². The number of allylic oxidation sites excluding steroid dienone is 2. The van der Waals surface area contributed by atoms with E-state index in [1.54, 1.807) is 0 Å². The van der Waals surface area contributed by atoms with Crippen LogP contribution in [0.15, 0.2) is 12.2 Å². The number of esters is 2. The number of carbonyl (C=O) groups excluding carboxylic acids is 2. The summed E-state index contributed by atoms with van der Waals surface area (Å²) in [5.41, 5.74) is 5.35. The van der Waals surface area contributed by atoms with Crippen LogP contribution < -0.4 is 5.73 Å². The molecule has 0 aliphatic rings. The lowest BCUT2D eigenvalue weighted by Crippen LogP contribution is -2.29. The number of hydrogen-bond acceptors (Lipinski definition) is 8. The van der Waals surface area contributed by atoms with Crippen LogP contribution >= 0.6 is 7.82 Å². The summed E-state index contributed by atoms with van der Waals surface area (Å²) >= 11 is 0. The first kappa shape index (κ1) is 51.8. The van der Waals surface area contributed by atoms with Gasteiger partial charge in [-0.25, -0.2) is 4.57 Å². The normalized spacial score (nSPS) is 13.4. The molecule has 0 heterocycles. The van der Waals surface area contributed by atoms with Crippen molar-refractivity contribution in [2.75, 3.05) is 26.4 Å². The second-order valence-electron chi connectivity index (χ2n) is 14.9. The number of carbonyl (C=O) groups is 2. The van der Waals surface area contributed by atoms with Gasteiger partial charge in [0.2, 0.25) is 0 Å². The summed E-state index contributed by atoms with van der Waals surface area (Å²) in [6.07, 6.45) is 40.9. The minimum Gasteiger partial charge on any atom is -0.462 e. The minimum atomic E-state index is -4.37. The van der Waals surface area contributed by atoms with Gasteiger partial charge in [0, 0.05) is 19.4 Å². The van der Waals surface area contributed by atoms with Crippen LogP contribution in [0.25, 0.3) is 0 Å². The first-order valence-corrected chi connectivity index (χ1v) is 23.7. The zero-order valence-electron chi connectivity index (χ0n) is 34.5. The van der Waals surface area contributed by atoms with Gasteiger partial charge < -0.3 is 20.1 Å². The molecule has 0 bridgehead atoms. The Morgan fingerprint density at radius 2 is 0.925 bits per heavy atom. The number of rotatable bonds is 42. The Labute approximate surface area is 326 Å². The predicted molar refractivity (Wildman–Crippen MR) is 220 cm³/mol. The molecular formula is C43H84NO8P. The predicted octanol–water partition coefficient (Wildman–Crippen LogP) is 12.6. The van der Waals surface area contributed by atoms with E-state index in [0.29, 0.717) is 6.42 Å². The third kappa shape index (κ3) is 40.2. The number of ether oxygens (including phenoxy) is 2. The van der Waals surface area contributed by atoms with E-state index < -0.39 is 26.5 Å². The van der Waals surface area contributed by atoms with E-state index in [1.807, 2.05) is 0 Å². The van der Waals surface area contributed by atoms with Crippen LogP contribution in [0, 0.1) is 0 Å². The van der Waals surface area contributed by atoms with Crippen molar-refractivity contribution in [2.24, 2.45) is 5.73 Å². The molecule has 0 aromatic heterocycles. The fraction of sp³-hybridized carbons (Fsp3) is 0.907. The van der Waals surface area contributed by atoms with E-state index in [0.717, 1.165) is 44.9 Å². The van der Waals surface area contributed by atoms with E-state index in [2.05, 4.69) is 26.0 Å². The molecule has 9 nitrogen and oxygen atoms in total. The molecule has 10 heteroatoms. The molecule has 0 saturated heterocycles. The maximum Gasteiger partial charge on any atom is 0.472 e. The Morgan fingerprint density at radius 1 is 0.547 bits per heavy atom.